The highest BCUT2D eigenvalue weighted by Crippen LogP contribution is 2.56. The van der Waals surface area contributed by atoms with Crippen LogP contribution in [0.4, 0.5) is 0 Å². The number of benzene rings is 1. The Morgan fingerprint density at radius 2 is 2.00 bits per heavy atom. The first-order valence-electron chi connectivity index (χ1n) is 7.87. The van der Waals surface area contributed by atoms with Gasteiger partial charge in [-0.05, 0) is 48.9 Å². The van der Waals surface area contributed by atoms with Gasteiger partial charge < -0.3 is 10.1 Å². The predicted molar refractivity (Wildman–Crippen MR) is 90.4 cm³/mol. The van der Waals surface area contributed by atoms with Crippen LogP contribution in [0.15, 0.2) is 18.2 Å². The van der Waals surface area contributed by atoms with E-state index in [1.165, 1.54) is 18.4 Å². The Labute approximate surface area is 134 Å². The van der Waals surface area contributed by atoms with E-state index in [0.29, 0.717) is 5.41 Å². The van der Waals surface area contributed by atoms with Crippen LogP contribution in [-0.2, 0) is 5.41 Å². The van der Waals surface area contributed by atoms with Crippen LogP contribution in [0.2, 0.25) is 5.02 Å². The lowest BCUT2D eigenvalue weighted by molar-refractivity contribution is 0.0437. The van der Waals surface area contributed by atoms with Crippen molar-refractivity contribution in [3.05, 3.63) is 28.8 Å². The molecule has 1 aliphatic carbocycles. The predicted octanol–water partition coefficient (Wildman–Crippen LogP) is 4.65. The molecule has 1 aromatic rings. The fourth-order valence-electron chi connectivity index (χ4n) is 3.41. The highest BCUT2D eigenvalue weighted by molar-refractivity contribution is 6.30. The van der Waals surface area contributed by atoms with Crippen LogP contribution in [0.25, 0.3) is 0 Å². The van der Waals surface area contributed by atoms with Gasteiger partial charge in [-0.15, -0.1) is 0 Å². The zero-order valence-corrected chi connectivity index (χ0v) is 14.7. The van der Waals surface area contributed by atoms with E-state index in [-0.39, 0.29) is 5.41 Å². The molecule has 1 aliphatic rings. The molecule has 2 nitrogen and oxygen atoms in total. The number of rotatable bonds is 5. The molecule has 1 fully saturated rings. The number of methoxy groups -OCH3 is 1. The van der Waals surface area contributed by atoms with Gasteiger partial charge in [0.25, 0.3) is 0 Å². The van der Waals surface area contributed by atoms with Crippen molar-refractivity contribution < 1.29 is 4.74 Å². The van der Waals surface area contributed by atoms with Crippen LogP contribution in [-0.4, -0.2) is 20.2 Å². The van der Waals surface area contributed by atoms with Crippen molar-refractivity contribution in [1.82, 2.24) is 5.32 Å². The zero-order valence-electron chi connectivity index (χ0n) is 13.9. The Morgan fingerprint density at radius 3 is 2.52 bits per heavy atom. The summed E-state index contributed by atoms with van der Waals surface area (Å²) in [5.74, 6) is 1.71. The quantitative estimate of drug-likeness (QED) is 0.854. The maximum atomic E-state index is 6.25. The number of hydrogen-bond donors (Lipinski definition) is 1. The molecule has 0 radical (unpaired) electrons. The van der Waals surface area contributed by atoms with Crippen molar-refractivity contribution in [2.24, 2.45) is 11.3 Å². The van der Waals surface area contributed by atoms with Gasteiger partial charge in [-0.2, -0.15) is 0 Å². The lowest BCUT2D eigenvalue weighted by Gasteiger charge is -2.53. The highest BCUT2D eigenvalue weighted by Gasteiger charge is 2.50. The second-order valence-electron chi connectivity index (χ2n) is 7.38. The minimum Gasteiger partial charge on any atom is -0.496 e. The standard InChI is InChI=1S/C18H28ClNO/c1-6-20-12-18(10-13(11-18)17(2,3)4)15-9-14(19)7-8-16(15)21-5/h7-9,13,20H,6,10-12H2,1-5H3. The molecule has 0 amide bonds. The molecule has 0 heterocycles. The van der Waals surface area contributed by atoms with E-state index in [0.717, 1.165) is 29.8 Å². The average Bonchev–Trinajstić information content (AvgIpc) is 2.36. The van der Waals surface area contributed by atoms with Crippen molar-refractivity contribution in [3.8, 4) is 5.75 Å². The van der Waals surface area contributed by atoms with E-state index in [1.54, 1.807) is 7.11 Å². The first kappa shape index (κ1) is 16.6. The van der Waals surface area contributed by atoms with Gasteiger partial charge in [-0.3, -0.25) is 0 Å². The molecule has 0 unspecified atom stereocenters. The van der Waals surface area contributed by atoms with Crippen molar-refractivity contribution in [2.75, 3.05) is 20.2 Å². The van der Waals surface area contributed by atoms with E-state index in [9.17, 15) is 0 Å². The van der Waals surface area contributed by atoms with Gasteiger partial charge >= 0.3 is 0 Å². The van der Waals surface area contributed by atoms with E-state index < -0.39 is 0 Å². The van der Waals surface area contributed by atoms with Gasteiger partial charge in [0.15, 0.2) is 0 Å². The maximum Gasteiger partial charge on any atom is 0.122 e. The summed E-state index contributed by atoms with van der Waals surface area (Å²) in [6, 6.07) is 6.00. The smallest absolute Gasteiger partial charge is 0.122 e. The number of halogens is 1. The van der Waals surface area contributed by atoms with E-state index in [4.69, 9.17) is 16.3 Å². The molecule has 1 aromatic carbocycles. The largest absolute Gasteiger partial charge is 0.496 e. The summed E-state index contributed by atoms with van der Waals surface area (Å²) in [7, 11) is 1.74. The molecule has 0 aromatic heterocycles. The fourth-order valence-corrected chi connectivity index (χ4v) is 3.59. The van der Waals surface area contributed by atoms with Crippen molar-refractivity contribution in [3.63, 3.8) is 0 Å². The van der Waals surface area contributed by atoms with Crippen LogP contribution in [0, 0.1) is 11.3 Å². The molecule has 2 rings (SSSR count). The molecule has 118 valence electrons. The second-order valence-corrected chi connectivity index (χ2v) is 7.81. The second kappa shape index (κ2) is 6.18. The molecule has 0 bridgehead atoms. The Hall–Kier alpha value is -0.730. The number of hydrogen-bond acceptors (Lipinski definition) is 2. The average molecular weight is 310 g/mol. The van der Waals surface area contributed by atoms with Crippen LogP contribution in [0.3, 0.4) is 0 Å². The van der Waals surface area contributed by atoms with Crippen molar-refractivity contribution in [2.45, 2.75) is 46.0 Å². The minimum absolute atomic E-state index is 0.157. The molecule has 0 saturated heterocycles. The monoisotopic (exact) mass is 309 g/mol. The summed E-state index contributed by atoms with van der Waals surface area (Å²) in [6.07, 6.45) is 2.39. The molecule has 3 heteroatoms. The third-order valence-corrected chi connectivity index (χ3v) is 5.18. The summed E-state index contributed by atoms with van der Waals surface area (Å²) >= 11 is 6.25. The molecular weight excluding hydrogens is 282 g/mol. The third-order valence-electron chi connectivity index (χ3n) is 4.95. The van der Waals surface area contributed by atoms with Crippen LogP contribution in [0.5, 0.6) is 5.75 Å². The molecule has 21 heavy (non-hydrogen) atoms. The Balaban J connectivity index is 2.32. The lowest BCUT2D eigenvalue weighted by atomic mass is 9.52. The van der Waals surface area contributed by atoms with Crippen LogP contribution >= 0.6 is 11.6 Å². The summed E-state index contributed by atoms with van der Waals surface area (Å²) in [5.41, 5.74) is 1.78. The highest BCUT2D eigenvalue weighted by atomic mass is 35.5. The first-order chi connectivity index (χ1) is 9.82. The maximum absolute atomic E-state index is 6.25. The van der Waals surface area contributed by atoms with Crippen molar-refractivity contribution >= 4 is 11.6 Å². The van der Waals surface area contributed by atoms with E-state index in [2.05, 4.69) is 39.1 Å². The molecule has 0 atom stereocenters. The Bertz CT molecular complexity index is 486. The normalized spacial score (nSPS) is 25.5. The van der Waals surface area contributed by atoms with Gasteiger partial charge in [-0.1, -0.05) is 39.3 Å². The van der Waals surface area contributed by atoms with E-state index >= 15 is 0 Å². The third kappa shape index (κ3) is 3.37. The molecule has 1 N–H and O–H groups in total. The topological polar surface area (TPSA) is 21.3 Å². The van der Waals surface area contributed by atoms with Gasteiger partial charge in [-0.25, -0.2) is 0 Å². The van der Waals surface area contributed by atoms with Gasteiger partial charge in [0, 0.05) is 22.5 Å². The van der Waals surface area contributed by atoms with Gasteiger partial charge in [0.05, 0.1) is 7.11 Å². The summed E-state index contributed by atoms with van der Waals surface area (Å²) in [5, 5.41) is 4.33. The first-order valence-corrected chi connectivity index (χ1v) is 8.25. The van der Waals surface area contributed by atoms with Crippen LogP contribution in [0.1, 0.15) is 46.1 Å². The number of ether oxygens (including phenoxy) is 1. The molecular formula is C18H28ClNO. The number of likely N-dealkylation sites (N-methyl/N-ethyl adjacent to an activating group) is 1. The zero-order chi connectivity index (χ0) is 15.7. The number of nitrogens with one attached hydrogen (secondary N) is 1. The Kier molecular flexibility index (Phi) is 4.89. The fraction of sp³-hybridized carbons (Fsp3) is 0.667. The molecule has 1 saturated carbocycles. The van der Waals surface area contributed by atoms with Crippen LogP contribution < -0.4 is 10.1 Å². The minimum atomic E-state index is 0.157. The Morgan fingerprint density at radius 1 is 1.33 bits per heavy atom. The SMILES string of the molecule is CCNCC1(c2cc(Cl)ccc2OC)CC(C(C)(C)C)C1. The van der Waals surface area contributed by atoms with Crippen molar-refractivity contribution in [1.29, 1.82) is 0 Å². The summed E-state index contributed by atoms with van der Waals surface area (Å²) in [4.78, 5) is 0. The summed E-state index contributed by atoms with van der Waals surface area (Å²) < 4.78 is 5.60. The van der Waals surface area contributed by atoms with Gasteiger partial charge in [0.2, 0.25) is 0 Å². The van der Waals surface area contributed by atoms with E-state index in [1.807, 2.05) is 12.1 Å². The molecule has 0 aliphatic heterocycles. The lowest BCUT2D eigenvalue weighted by Crippen LogP contribution is -2.52. The van der Waals surface area contributed by atoms with Gasteiger partial charge in [0.1, 0.15) is 5.75 Å². The summed E-state index contributed by atoms with van der Waals surface area (Å²) in [6.45, 7) is 11.2. The molecule has 0 spiro atoms.